The van der Waals surface area contributed by atoms with Gasteiger partial charge in [-0.25, -0.2) is 0 Å². The van der Waals surface area contributed by atoms with Gasteiger partial charge in [0.1, 0.15) is 11.9 Å². The zero-order chi connectivity index (χ0) is 19.1. The number of aromatic amines is 1. The summed E-state index contributed by atoms with van der Waals surface area (Å²) < 4.78 is 5.24. The first kappa shape index (κ1) is 17.3. The van der Waals surface area contributed by atoms with Crippen LogP contribution in [0.15, 0.2) is 54.7 Å². The van der Waals surface area contributed by atoms with E-state index in [1.54, 1.807) is 7.11 Å². The number of methoxy groups -OCH3 is 1. The summed E-state index contributed by atoms with van der Waals surface area (Å²) in [6, 6.07) is 17.3. The molecule has 28 heavy (non-hydrogen) atoms. The number of nitrogens with one attached hydrogen (secondary N) is 1. The summed E-state index contributed by atoms with van der Waals surface area (Å²) >= 11 is 0. The lowest BCUT2D eigenvalue weighted by Gasteiger charge is -2.30. The van der Waals surface area contributed by atoms with Crippen LogP contribution in [0.4, 0.5) is 0 Å². The van der Waals surface area contributed by atoms with Crippen LogP contribution in [0, 0.1) is 0 Å². The third-order valence-corrected chi connectivity index (χ3v) is 5.94. The number of benzene rings is 2. The zero-order valence-corrected chi connectivity index (χ0v) is 16.1. The summed E-state index contributed by atoms with van der Waals surface area (Å²) in [7, 11) is 1.68. The Labute approximate surface area is 164 Å². The van der Waals surface area contributed by atoms with Gasteiger partial charge >= 0.3 is 0 Å². The minimum Gasteiger partial charge on any atom is -0.497 e. The Kier molecular flexibility index (Phi) is 4.32. The van der Waals surface area contributed by atoms with Gasteiger partial charge in [0.15, 0.2) is 0 Å². The van der Waals surface area contributed by atoms with E-state index in [4.69, 9.17) is 4.74 Å². The van der Waals surface area contributed by atoms with E-state index in [9.17, 15) is 4.79 Å². The molecule has 0 bridgehead atoms. The van der Waals surface area contributed by atoms with Crippen LogP contribution in [0.1, 0.15) is 30.1 Å². The van der Waals surface area contributed by atoms with Crippen LogP contribution in [-0.4, -0.2) is 46.9 Å². The van der Waals surface area contributed by atoms with Gasteiger partial charge in [0.05, 0.1) is 13.7 Å². The minimum absolute atomic E-state index is 0.0394. The number of hydrogen-bond donors (Lipinski definition) is 1. The number of nitrogens with zero attached hydrogens (tertiary/aromatic N) is 2. The highest BCUT2D eigenvalue weighted by atomic mass is 16.5. The highest BCUT2D eigenvalue weighted by Gasteiger charge is 2.45. The van der Waals surface area contributed by atoms with Gasteiger partial charge in [0, 0.05) is 24.3 Å². The van der Waals surface area contributed by atoms with Gasteiger partial charge in [-0.05, 0) is 66.1 Å². The van der Waals surface area contributed by atoms with Crippen molar-refractivity contribution >= 4 is 16.8 Å². The molecule has 3 aromatic rings. The molecule has 2 aliphatic rings. The van der Waals surface area contributed by atoms with Gasteiger partial charge in [-0.3, -0.25) is 9.69 Å². The number of aromatic nitrogens is 1. The van der Waals surface area contributed by atoms with E-state index in [0.717, 1.165) is 24.2 Å². The Morgan fingerprint density at radius 1 is 1.11 bits per heavy atom. The van der Waals surface area contributed by atoms with E-state index in [1.165, 1.54) is 29.4 Å². The molecule has 1 saturated heterocycles. The monoisotopic (exact) mass is 375 g/mol. The predicted octanol–water partition coefficient (Wildman–Crippen LogP) is 3.72. The van der Waals surface area contributed by atoms with Crippen molar-refractivity contribution in [3.8, 4) is 5.75 Å². The maximum absolute atomic E-state index is 12.9. The lowest BCUT2D eigenvalue weighted by atomic mass is 10.1. The van der Waals surface area contributed by atoms with Crippen molar-refractivity contribution in [3.05, 3.63) is 65.9 Å². The second kappa shape index (κ2) is 6.99. The van der Waals surface area contributed by atoms with E-state index in [0.29, 0.717) is 12.6 Å². The number of carbonyl (C=O) groups excluding carboxylic acids is 1. The van der Waals surface area contributed by atoms with Gasteiger partial charge in [-0.1, -0.05) is 18.2 Å². The molecule has 5 nitrogen and oxygen atoms in total. The van der Waals surface area contributed by atoms with Crippen LogP contribution in [0.3, 0.4) is 0 Å². The van der Waals surface area contributed by atoms with Crippen LogP contribution in [-0.2, 0) is 11.2 Å². The van der Waals surface area contributed by atoms with E-state index in [1.807, 2.05) is 18.3 Å². The lowest BCUT2D eigenvalue weighted by Crippen LogP contribution is -2.34. The molecule has 1 aliphatic carbocycles. The lowest BCUT2D eigenvalue weighted by molar-refractivity contribution is -0.128. The first-order valence-corrected chi connectivity index (χ1v) is 9.98. The smallest absolute Gasteiger partial charge is 0.238 e. The average molecular weight is 375 g/mol. The van der Waals surface area contributed by atoms with E-state index < -0.39 is 0 Å². The number of amides is 1. The Hall–Kier alpha value is -2.79. The highest BCUT2D eigenvalue weighted by molar-refractivity contribution is 5.83. The number of hydrogen-bond acceptors (Lipinski definition) is 3. The third kappa shape index (κ3) is 3.16. The molecule has 1 N–H and O–H groups in total. The average Bonchev–Trinajstić information content (AvgIpc) is 3.37. The molecule has 0 spiro atoms. The Bertz CT molecular complexity index is 991. The second-order valence-corrected chi connectivity index (χ2v) is 7.79. The minimum atomic E-state index is 0.0394. The van der Waals surface area contributed by atoms with Crippen molar-refractivity contribution in [1.29, 1.82) is 0 Å². The summed E-state index contributed by atoms with van der Waals surface area (Å²) in [5.41, 5.74) is 3.56. The van der Waals surface area contributed by atoms with Crippen molar-refractivity contribution in [1.82, 2.24) is 14.8 Å². The van der Waals surface area contributed by atoms with Crippen LogP contribution in [0.25, 0.3) is 10.9 Å². The molecule has 1 aromatic heterocycles. The zero-order valence-electron chi connectivity index (χ0n) is 16.1. The normalized spacial score (nSPS) is 20.2. The predicted molar refractivity (Wildman–Crippen MR) is 109 cm³/mol. The summed E-state index contributed by atoms with van der Waals surface area (Å²) in [4.78, 5) is 20.6. The number of H-pyrrole nitrogens is 1. The maximum Gasteiger partial charge on any atom is 0.238 e. The second-order valence-electron chi connectivity index (χ2n) is 7.79. The first-order valence-electron chi connectivity index (χ1n) is 9.98. The largest absolute Gasteiger partial charge is 0.497 e. The molecule has 5 heteroatoms. The van der Waals surface area contributed by atoms with Gasteiger partial charge in [0.25, 0.3) is 0 Å². The van der Waals surface area contributed by atoms with Gasteiger partial charge in [0.2, 0.25) is 5.91 Å². The number of rotatable bonds is 6. The van der Waals surface area contributed by atoms with Crippen molar-refractivity contribution in [2.24, 2.45) is 0 Å². The summed E-state index contributed by atoms with van der Waals surface area (Å²) in [5, 5.41) is 1.20. The van der Waals surface area contributed by atoms with Gasteiger partial charge in [-0.15, -0.1) is 0 Å². The van der Waals surface area contributed by atoms with Crippen LogP contribution < -0.4 is 4.74 Å². The first-order chi connectivity index (χ1) is 13.7. The third-order valence-electron chi connectivity index (χ3n) is 5.94. The molecule has 5 rings (SSSR count). The standard InChI is InChI=1S/C23H25N3O2/c1-28-20-7-2-16(3-8-20)11-13-25-22(27)15-26(19-5-6-19)23(25)18-4-9-21-17(14-18)10-12-24-21/h2-4,7-10,12,14,19,23-24H,5-6,11,13,15H2,1H3. The molecule has 1 saturated carbocycles. The van der Waals surface area contributed by atoms with Gasteiger partial charge < -0.3 is 14.6 Å². The molecule has 2 aromatic carbocycles. The molecule has 0 radical (unpaired) electrons. The Balaban J connectivity index is 1.41. The topological polar surface area (TPSA) is 48.6 Å². The van der Waals surface area contributed by atoms with Crippen molar-refractivity contribution < 1.29 is 9.53 Å². The SMILES string of the molecule is COc1ccc(CCN2C(=O)CN(C3CC3)C2c2ccc3[nH]ccc3c2)cc1. The van der Waals surface area contributed by atoms with Crippen molar-refractivity contribution in [2.45, 2.75) is 31.5 Å². The van der Waals surface area contributed by atoms with E-state index >= 15 is 0 Å². The van der Waals surface area contributed by atoms with Crippen LogP contribution >= 0.6 is 0 Å². The van der Waals surface area contributed by atoms with E-state index in [2.05, 4.69) is 51.2 Å². The molecular formula is C23H25N3O2. The Morgan fingerprint density at radius 2 is 1.93 bits per heavy atom. The molecular weight excluding hydrogens is 350 g/mol. The fraction of sp³-hybridized carbons (Fsp3) is 0.348. The fourth-order valence-electron chi connectivity index (χ4n) is 4.28. The molecule has 144 valence electrons. The molecule has 2 heterocycles. The number of carbonyl (C=O) groups is 1. The summed E-state index contributed by atoms with van der Waals surface area (Å²) in [6.45, 7) is 1.26. The van der Waals surface area contributed by atoms with E-state index in [-0.39, 0.29) is 12.1 Å². The molecule has 1 amide bonds. The summed E-state index contributed by atoms with van der Waals surface area (Å²) in [6.07, 6.45) is 5.24. The molecule has 2 fully saturated rings. The Morgan fingerprint density at radius 3 is 2.68 bits per heavy atom. The number of fused-ring (bicyclic) bond motifs is 1. The molecule has 1 aliphatic heterocycles. The number of ether oxygens (including phenoxy) is 1. The molecule has 1 atom stereocenters. The van der Waals surface area contributed by atoms with Crippen LogP contribution in [0.2, 0.25) is 0 Å². The van der Waals surface area contributed by atoms with Crippen LogP contribution in [0.5, 0.6) is 5.75 Å². The van der Waals surface area contributed by atoms with Crippen molar-refractivity contribution in [3.63, 3.8) is 0 Å². The molecule has 1 unspecified atom stereocenters. The highest BCUT2D eigenvalue weighted by Crippen LogP contribution is 2.40. The van der Waals surface area contributed by atoms with Gasteiger partial charge in [-0.2, -0.15) is 0 Å². The summed E-state index contributed by atoms with van der Waals surface area (Å²) in [5.74, 6) is 1.10. The quantitative estimate of drug-likeness (QED) is 0.714. The maximum atomic E-state index is 12.9. The van der Waals surface area contributed by atoms with Crippen molar-refractivity contribution in [2.75, 3.05) is 20.2 Å². The fourth-order valence-corrected chi connectivity index (χ4v) is 4.28.